The maximum Gasteiger partial charge on any atom is 0.452 e. The van der Waals surface area contributed by atoms with Crippen LogP contribution in [0.25, 0.3) is 0 Å². The fourth-order valence-corrected chi connectivity index (χ4v) is 5.67. The van der Waals surface area contributed by atoms with Crippen LogP contribution in [0.5, 0.6) is 5.75 Å². The van der Waals surface area contributed by atoms with E-state index in [1.165, 1.54) is 0 Å². The van der Waals surface area contributed by atoms with Crippen LogP contribution in [0.4, 0.5) is 27.1 Å². The molecule has 35 heavy (non-hydrogen) atoms. The lowest BCUT2D eigenvalue weighted by Crippen LogP contribution is -2.54. The third-order valence-electron chi connectivity index (χ3n) is 5.92. The number of alkyl halides is 3. The summed E-state index contributed by atoms with van der Waals surface area (Å²) in [5.41, 5.74) is 0. The van der Waals surface area contributed by atoms with Crippen molar-refractivity contribution in [3.8, 4) is 5.75 Å². The molecule has 2 aliphatic rings. The smallest absolute Gasteiger partial charge is 0.452 e. The van der Waals surface area contributed by atoms with Gasteiger partial charge in [0.2, 0.25) is 11.0 Å². The molecule has 4 rings (SSSR count). The van der Waals surface area contributed by atoms with Crippen molar-refractivity contribution in [2.24, 2.45) is 0 Å². The van der Waals surface area contributed by atoms with Gasteiger partial charge in [-0.2, -0.15) is 22.5 Å². The molecule has 0 N–H and O–H groups in total. The number of piperidine rings is 2. The summed E-state index contributed by atoms with van der Waals surface area (Å²) in [6.45, 7) is 1.18. The van der Waals surface area contributed by atoms with E-state index in [4.69, 9.17) is 4.74 Å². The van der Waals surface area contributed by atoms with Crippen LogP contribution in [-0.2, 0) is 20.8 Å². The molecule has 192 valence electrons. The summed E-state index contributed by atoms with van der Waals surface area (Å²) in [6.07, 6.45) is -3.16. The zero-order chi connectivity index (χ0) is 25.5. The maximum absolute atomic E-state index is 14.4. The summed E-state index contributed by atoms with van der Waals surface area (Å²) < 4.78 is 98.8. The monoisotopic (exact) mass is 540 g/mol. The Morgan fingerprint density at radius 2 is 1.77 bits per heavy atom. The molecule has 2 saturated heterocycles. The van der Waals surface area contributed by atoms with Gasteiger partial charge in [0.15, 0.2) is 27.5 Å². The van der Waals surface area contributed by atoms with Gasteiger partial charge in [-0.1, -0.05) is 0 Å². The van der Waals surface area contributed by atoms with Gasteiger partial charge >= 0.3 is 6.18 Å². The van der Waals surface area contributed by atoms with E-state index in [0.29, 0.717) is 62.6 Å². The van der Waals surface area contributed by atoms with E-state index < -0.39 is 56.1 Å². The third kappa shape index (κ3) is 5.50. The number of anilines is 1. The van der Waals surface area contributed by atoms with E-state index in [-0.39, 0.29) is 17.6 Å². The third-order valence-corrected chi connectivity index (χ3v) is 7.81. The molecule has 2 aromatic rings. The van der Waals surface area contributed by atoms with E-state index in [1.54, 1.807) is 9.80 Å². The van der Waals surface area contributed by atoms with Crippen molar-refractivity contribution >= 4 is 32.4 Å². The zero-order valence-electron chi connectivity index (χ0n) is 18.4. The molecule has 0 spiro atoms. The lowest BCUT2D eigenvalue weighted by Gasteiger charge is -2.41. The number of aromatic nitrogens is 2. The average Bonchev–Trinajstić information content (AvgIpc) is 3.28. The SMILES string of the molecule is CS(=O)(=O)c1cc(F)c(OC2CCCN(C3CCN(c4nc(C(F)(F)F)ns4)CC3)C2=O)cc1F. The van der Waals surface area contributed by atoms with Crippen molar-refractivity contribution in [2.45, 2.75) is 48.9 Å². The Labute approximate surface area is 201 Å². The van der Waals surface area contributed by atoms with Crippen LogP contribution in [-0.4, -0.2) is 66.6 Å². The number of benzene rings is 1. The van der Waals surface area contributed by atoms with Crippen molar-refractivity contribution in [3.63, 3.8) is 0 Å². The highest BCUT2D eigenvalue weighted by atomic mass is 32.2. The second kappa shape index (κ2) is 9.48. The summed E-state index contributed by atoms with van der Waals surface area (Å²) in [4.78, 5) is 19.1. The van der Waals surface area contributed by atoms with Gasteiger partial charge in [0, 0.05) is 49.5 Å². The van der Waals surface area contributed by atoms with Crippen molar-refractivity contribution in [1.82, 2.24) is 14.3 Å². The molecule has 2 fully saturated rings. The number of carbonyl (C=O) groups excluding carboxylic acids is 1. The number of ether oxygens (including phenoxy) is 1. The first-order valence-electron chi connectivity index (χ1n) is 10.7. The molecular formula is C20H21F5N4O4S2. The molecular weight excluding hydrogens is 519 g/mol. The van der Waals surface area contributed by atoms with Gasteiger partial charge in [-0.25, -0.2) is 17.2 Å². The summed E-state index contributed by atoms with van der Waals surface area (Å²) >= 11 is 0.667. The predicted molar refractivity (Wildman–Crippen MR) is 115 cm³/mol. The van der Waals surface area contributed by atoms with Crippen LogP contribution in [0.15, 0.2) is 17.0 Å². The predicted octanol–water partition coefficient (Wildman–Crippen LogP) is 3.28. The van der Waals surface area contributed by atoms with Gasteiger partial charge in [0.05, 0.1) is 0 Å². The fourth-order valence-electron chi connectivity index (χ4n) is 4.20. The number of rotatable bonds is 5. The first-order chi connectivity index (χ1) is 16.3. The number of carbonyl (C=O) groups is 1. The van der Waals surface area contributed by atoms with E-state index in [0.717, 1.165) is 6.26 Å². The number of sulfone groups is 1. The first kappa shape index (κ1) is 25.5. The highest BCUT2D eigenvalue weighted by Gasteiger charge is 2.39. The van der Waals surface area contributed by atoms with Crippen LogP contribution >= 0.6 is 11.5 Å². The van der Waals surface area contributed by atoms with Crippen LogP contribution in [0.1, 0.15) is 31.5 Å². The molecule has 0 bridgehead atoms. The van der Waals surface area contributed by atoms with Gasteiger partial charge < -0.3 is 14.5 Å². The summed E-state index contributed by atoms with van der Waals surface area (Å²) in [6, 6.07) is 0.945. The van der Waals surface area contributed by atoms with E-state index in [1.807, 2.05) is 0 Å². The van der Waals surface area contributed by atoms with Crippen molar-refractivity contribution in [1.29, 1.82) is 0 Å². The van der Waals surface area contributed by atoms with Gasteiger partial charge in [0.1, 0.15) is 10.7 Å². The Balaban J connectivity index is 1.40. The Bertz CT molecular complexity index is 1210. The molecule has 1 amide bonds. The van der Waals surface area contributed by atoms with Gasteiger partial charge in [0.25, 0.3) is 5.91 Å². The largest absolute Gasteiger partial charge is 0.477 e. The first-order valence-corrected chi connectivity index (χ1v) is 13.3. The minimum atomic E-state index is -4.62. The van der Waals surface area contributed by atoms with Crippen LogP contribution in [0.3, 0.4) is 0 Å². The van der Waals surface area contributed by atoms with Crippen LogP contribution in [0.2, 0.25) is 0 Å². The van der Waals surface area contributed by atoms with Crippen LogP contribution in [0, 0.1) is 11.6 Å². The number of hydrogen-bond acceptors (Lipinski definition) is 8. The lowest BCUT2D eigenvalue weighted by molar-refractivity contribution is -0.145. The van der Waals surface area contributed by atoms with Gasteiger partial charge in [-0.3, -0.25) is 4.79 Å². The minimum Gasteiger partial charge on any atom is -0.477 e. The molecule has 15 heteroatoms. The van der Waals surface area contributed by atoms with Gasteiger partial charge in [-0.05, 0) is 31.7 Å². The molecule has 0 aliphatic carbocycles. The molecule has 2 aliphatic heterocycles. The molecule has 3 heterocycles. The Morgan fingerprint density at radius 3 is 2.37 bits per heavy atom. The van der Waals surface area contributed by atoms with Crippen molar-refractivity contribution in [2.75, 3.05) is 30.8 Å². The van der Waals surface area contributed by atoms with Crippen molar-refractivity contribution < 1.29 is 39.9 Å². The molecule has 0 saturated carbocycles. The second-order valence-corrected chi connectivity index (χ2v) is 11.1. The molecule has 1 unspecified atom stereocenters. The Kier molecular flexibility index (Phi) is 6.92. The van der Waals surface area contributed by atoms with E-state index in [2.05, 4.69) is 9.36 Å². The number of nitrogens with zero attached hydrogens (tertiary/aromatic N) is 4. The van der Waals surface area contributed by atoms with E-state index >= 15 is 0 Å². The molecule has 1 atom stereocenters. The minimum absolute atomic E-state index is 0.164. The normalized spacial score (nSPS) is 20.4. The maximum atomic E-state index is 14.4. The number of hydrogen-bond donors (Lipinski definition) is 0. The standard InChI is InChI=1S/C20H21F5N4O4S2/c1-35(31,32)16-10-12(21)15(9-13(16)22)33-14-3-2-6-29(17(14)30)11-4-7-28(8-5-11)19-26-18(27-34-19)20(23,24)25/h9-11,14H,2-8H2,1H3. The zero-order valence-corrected chi connectivity index (χ0v) is 20.0. The number of likely N-dealkylation sites (tertiary alicyclic amines) is 1. The fraction of sp³-hybridized carbons (Fsp3) is 0.550. The highest BCUT2D eigenvalue weighted by Crippen LogP contribution is 2.33. The second-order valence-electron chi connectivity index (χ2n) is 8.38. The molecule has 8 nitrogen and oxygen atoms in total. The molecule has 1 aromatic carbocycles. The quantitative estimate of drug-likeness (QED) is 0.538. The Hall–Kier alpha value is -2.55. The molecule has 1 aromatic heterocycles. The van der Waals surface area contributed by atoms with E-state index in [9.17, 15) is 35.2 Å². The van der Waals surface area contributed by atoms with Crippen molar-refractivity contribution in [3.05, 3.63) is 29.6 Å². The number of amides is 1. The molecule has 0 radical (unpaired) electrons. The summed E-state index contributed by atoms with van der Waals surface area (Å²) in [5, 5.41) is 0.164. The highest BCUT2D eigenvalue weighted by molar-refractivity contribution is 7.90. The van der Waals surface area contributed by atoms with Crippen LogP contribution < -0.4 is 9.64 Å². The lowest BCUT2D eigenvalue weighted by atomic mass is 9.98. The summed E-state index contributed by atoms with van der Waals surface area (Å²) in [7, 11) is -3.98. The topological polar surface area (TPSA) is 92.7 Å². The number of halogens is 5. The van der Waals surface area contributed by atoms with Gasteiger partial charge in [-0.15, -0.1) is 0 Å². The average molecular weight is 541 g/mol. The Morgan fingerprint density at radius 1 is 1.09 bits per heavy atom. The summed E-state index contributed by atoms with van der Waals surface area (Å²) in [5.74, 6) is -4.42.